The molecule has 3 heteroatoms. The summed E-state index contributed by atoms with van der Waals surface area (Å²) in [6, 6.07) is 0. The molecule has 0 radical (unpaired) electrons. The zero-order valence-electron chi connectivity index (χ0n) is 10.6. The Bertz CT molecular complexity index is 230. The number of carbonyl (C=O) groups is 1. The molecule has 0 bridgehead atoms. The van der Waals surface area contributed by atoms with Crippen LogP contribution in [-0.4, -0.2) is 37.1 Å². The Balaban J connectivity index is 4.43. The summed E-state index contributed by atoms with van der Waals surface area (Å²) in [5.74, 6) is -0.303. The van der Waals surface area contributed by atoms with Gasteiger partial charge in [-0.2, -0.15) is 0 Å². The molecule has 88 valence electrons. The monoisotopic (exact) mass is 213 g/mol. The Morgan fingerprint density at radius 2 is 1.80 bits per heavy atom. The van der Waals surface area contributed by atoms with Gasteiger partial charge in [0.25, 0.3) is 0 Å². The van der Waals surface area contributed by atoms with Crippen molar-refractivity contribution < 1.29 is 9.53 Å². The fourth-order valence-electron chi connectivity index (χ4n) is 1.54. The molecule has 0 heterocycles. The minimum absolute atomic E-state index is 0.0505. The highest BCUT2D eigenvalue weighted by Gasteiger charge is 2.30. The molecule has 3 nitrogen and oxygen atoms in total. The second-order valence-electron chi connectivity index (χ2n) is 4.18. The van der Waals surface area contributed by atoms with E-state index in [1.165, 1.54) is 0 Å². The van der Waals surface area contributed by atoms with Gasteiger partial charge in [0.05, 0.1) is 5.54 Å². The Morgan fingerprint density at radius 1 is 1.33 bits per heavy atom. The average molecular weight is 213 g/mol. The van der Waals surface area contributed by atoms with Gasteiger partial charge in [0.1, 0.15) is 6.61 Å². The van der Waals surface area contributed by atoms with E-state index in [4.69, 9.17) is 4.74 Å². The maximum absolute atomic E-state index is 11.3. The number of hydrogen-bond acceptors (Lipinski definition) is 3. The van der Waals surface area contributed by atoms with Crippen LogP contribution in [0.5, 0.6) is 0 Å². The Kier molecular flexibility index (Phi) is 5.58. The number of nitrogens with zero attached hydrogens (tertiary/aromatic N) is 1. The topological polar surface area (TPSA) is 29.5 Å². The molecule has 0 saturated carbocycles. The predicted molar refractivity (Wildman–Crippen MR) is 62.8 cm³/mol. The summed E-state index contributed by atoms with van der Waals surface area (Å²) in [5.41, 5.74) is 0.403. The normalized spacial score (nSPS) is 11.6. The molecule has 0 unspecified atom stereocenters. The van der Waals surface area contributed by atoms with Crippen molar-refractivity contribution in [3.8, 4) is 0 Å². The van der Waals surface area contributed by atoms with Gasteiger partial charge >= 0.3 is 5.97 Å². The van der Waals surface area contributed by atoms with Crippen LogP contribution in [0.1, 0.15) is 33.6 Å². The molecular weight excluding hydrogens is 190 g/mol. The molecule has 0 fully saturated rings. The molecule has 0 saturated heterocycles. The van der Waals surface area contributed by atoms with E-state index in [-0.39, 0.29) is 11.5 Å². The lowest BCUT2D eigenvalue weighted by Gasteiger charge is -2.37. The smallest absolute Gasteiger partial charge is 0.333 e. The lowest BCUT2D eigenvalue weighted by molar-refractivity contribution is -0.143. The lowest BCUT2D eigenvalue weighted by atomic mass is 9.92. The van der Waals surface area contributed by atoms with Gasteiger partial charge in [-0.15, -0.1) is 0 Å². The number of hydrogen-bond donors (Lipinski definition) is 0. The van der Waals surface area contributed by atoms with E-state index in [9.17, 15) is 4.79 Å². The van der Waals surface area contributed by atoms with Crippen molar-refractivity contribution in [3.63, 3.8) is 0 Å². The molecule has 0 aromatic heterocycles. The summed E-state index contributed by atoms with van der Waals surface area (Å²) < 4.78 is 5.23. The maximum atomic E-state index is 11.3. The Hall–Kier alpha value is -0.830. The van der Waals surface area contributed by atoms with Crippen molar-refractivity contribution in [2.24, 2.45) is 0 Å². The number of esters is 1. The van der Waals surface area contributed by atoms with Gasteiger partial charge in [-0.25, -0.2) is 4.79 Å². The quantitative estimate of drug-likeness (QED) is 0.500. The molecule has 0 aromatic rings. The first-order chi connectivity index (χ1) is 6.89. The highest BCUT2D eigenvalue weighted by atomic mass is 16.5. The molecule has 0 aliphatic rings. The highest BCUT2D eigenvalue weighted by Crippen LogP contribution is 2.21. The van der Waals surface area contributed by atoms with Crippen molar-refractivity contribution in [3.05, 3.63) is 12.2 Å². The molecule has 0 spiro atoms. The van der Waals surface area contributed by atoms with Crippen LogP contribution in [0, 0.1) is 0 Å². The lowest BCUT2D eigenvalue weighted by Crippen LogP contribution is -2.47. The van der Waals surface area contributed by atoms with Crippen molar-refractivity contribution in [1.29, 1.82) is 0 Å². The third-order valence-corrected chi connectivity index (χ3v) is 3.09. The second-order valence-corrected chi connectivity index (χ2v) is 4.18. The third-order valence-electron chi connectivity index (χ3n) is 3.09. The summed E-state index contributed by atoms with van der Waals surface area (Å²) in [4.78, 5) is 13.4. The van der Waals surface area contributed by atoms with Crippen molar-refractivity contribution in [1.82, 2.24) is 4.90 Å². The van der Waals surface area contributed by atoms with E-state index < -0.39 is 0 Å². The van der Waals surface area contributed by atoms with Crippen LogP contribution >= 0.6 is 0 Å². The van der Waals surface area contributed by atoms with Crippen LogP contribution in [0.15, 0.2) is 12.2 Å². The first-order valence-corrected chi connectivity index (χ1v) is 5.39. The first kappa shape index (κ1) is 14.2. The molecule has 15 heavy (non-hydrogen) atoms. The summed E-state index contributed by atoms with van der Waals surface area (Å²) in [5, 5.41) is 0. The van der Waals surface area contributed by atoms with Gasteiger partial charge in [0.15, 0.2) is 0 Å². The Morgan fingerprint density at radius 3 is 2.07 bits per heavy atom. The van der Waals surface area contributed by atoms with Crippen LogP contribution in [0.4, 0.5) is 0 Å². The molecule has 0 aliphatic heterocycles. The largest absolute Gasteiger partial charge is 0.460 e. The predicted octanol–water partition coefficient (Wildman–Crippen LogP) is 2.23. The summed E-state index contributed by atoms with van der Waals surface area (Å²) in [6.07, 6.45) is 1.92. The average Bonchev–Trinajstić information content (AvgIpc) is 2.19. The van der Waals surface area contributed by atoms with Crippen molar-refractivity contribution >= 4 is 5.97 Å². The number of ether oxygens (including phenoxy) is 1. The van der Waals surface area contributed by atoms with Crippen LogP contribution in [0.3, 0.4) is 0 Å². The van der Waals surface area contributed by atoms with E-state index in [0.717, 1.165) is 12.8 Å². The molecule has 0 atom stereocenters. The SMILES string of the molecule is C=C(C)C(=O)OCC(CC)(CC)N(C)C. The van der Waals surface area contributed by atoms with Crippen LogP contribution < -0.4 is 0 Å². The fraction of sp³-hybridized carbons (Fsp3) is 0.750. The number of rotatable bonds is 6. The van der Waals surface area contributed by atoms with Crippen molar-refractivity contribution in [2.75, 3.05) is 20.7 Å². The van der Waals surface area contributed by atoms with E-state index in [2.05, 4.69) is 25.3 Å². The van der Waals surface area contributed by atoms with E-state index in [1.54, 1.807) is 6.92 Å². The molecule has 0 rings (SSSR count). The van der Waals surface area contributed by atoms with Gasteiger partial charge in [0.2, 0.25) is 0 Å². The van der Waals surface area contributed by atoms with Crippen LogP contribution in [-0.2, 0) is 9.53 Å². The molecule has 0 aromatic carbocycles. The Labute approximate surface area is 93.1 Å². The minimum atomic E-state index is -0.303. The van der Waals surface area contributed by atoms with E-state index in [1.807, 2.05) is 14.1 Å². The van der Waals surface area contributed by atoms with Crippen LogP contribution in [0.25, 0.3) is 0 Å². The van der Waals surface area contributed by atoms with Gasteiger partial charge in [-0.1, -0.05) is 20.4 Å². The van der Waals surface area contributed by atoms with E-state index >= 15 is 0 Å². The van der Waals surface area contributed by atoms with Gasteiger partial charge in [-0.05, 0) is 33.9 Å². The van der Waals surface area contributed by atoms with Crippen molar-refractivity contribution in [2.45, 2.75) is 39.2 Å². The molecule has 0 aliphatic carbocycles. The highest BCUT2D eigenvalue weighted by molar-refractivity contribution is 5.86. The summed E-state index contributed by atoms with van der Waals surface area (Å²) >= 11 is 0. The second kappa shape index (κ2) is 5.91. The van der Waals surface area contributed by atoms with Gasteiger partial charge in [-0.3, -0.25) is 0 Å². The molecule has 0 N–H and O–H groups in total. The summed E-state index contributed by atoms with van der Waals surface area (Å²) in [6.45, 7) is 9.88. The minimum Gasteiger partial charge on any atom is -0.460 e. The zero-order valence-corrected chi connectivity index (χ0v) is 10.6. The molecular formula is C12H23NO2. The van der Waals surface area contributed by atoms with E-state index in [0.29, 0.717) is 12.2 Å². The number of carbonyl (C=O) groups excluding carboxylic acids is 1. The third kappa shape index (κ3) is 3.67. The summed E-state index contributed by atoms with van der Waals surface area (Å²) in [7, 11) is 4.03. The first-order valence-electron chi connectivity index (χ1n) is 5.39. The van der Waals surface area contributed by atoms with Crippen LogP contribution in [0.2, 0.25) is 0 Å². The van der Waals surface area contributed by atoms with Gasteiger partial charge < -0.3 is 9.64 Å². The maximum Gasteiger partial charge on any atom is 0.333 e. The fourth-order valence-corrected chi connectivity index (χ4v) is 1.54. The van der Waals surface area contributed by atoms with Gasteiger partial charge in [0, 0.05) is 5.57 Å². The standard InChI is InChI=1S/C12H23NO2/c1-7-12(8-2,13(5)6)9-15-11(14)10(3)4/h3,7-9H2,1-2,4-6H3. The molecule has 0 amide bonds. The number of likely N-dealkylation sites (N-methyl/N-ethyl adjacent to an activating group) is 1. The zero-order chi connectivity index (χ0) is 12.1.